The van der Waals surface area contributed by atoms with E-state index in [2.05, 4.69) is 58.0 Å². The van der Waals surface area contributed by atoms with Crippen molar-refractivity contribution in [1.82, 2.24) is 0 Å². The van der Waals surface area contributed by atoms with E-state index in [4.69, 9.17) is 4.74 Å². The molecule has 0 amide bonds. The predicted octanol–water partition coefficient (Wildman–Crippen LogP) is 8.34. The number of hydrogen-bond acceptors (Lipinski definition) is 1. The smallest absolute Gasteiger partial charge is 0.165 e. The Labute approximate surface area is 180 Å². The van der Waals surface area contributed by atoms with Crippen LogP contribution in [0.25, 0.3) is 5.57 Å². The molecular formula is C28H31FO. The van der Waals surface area contributed by atoms with Crippen molar-refractivity contribution in [3.05, 3.63) is 101 Å². The zero-order valence-corrected chi connectivity index (χ0v) is 18.4. The minimum atomic E-state index is -0.334. The summed E-state index contributed by atoms with van der Waals surface area (Å²) in [6.45, 7) is 8.79. The third-order valence-corrected chi connectivity index (χ3v) is 5.79. The standard InChI is InChI=1S/C28H31FO/c1-5-21(2)23-14-16-24(17-15-23)28(3,4)19-9-10-22-13-18-26(29)27(20-22)30-25-11-7-6-8-12-25/h5-8,11-18,20H,9-10,19H2,1-4H3. The molecule has 0 saturated heterocycles. The Hall–Kier alpha value is -2.87. The van der Waals surface area contributed by atoms with Gasteiger partial charge in [-0.25, -0.2) is 4.39 Å². The van der Waals surface area contributed by atoms with Gasteiger partial charge in [0.05, 0.1) is 0 Å². The lowest BCUT2D eigenvalue weighted by atomic mass is 9.79. The lowest BCUT2D eigenvalue weighted by Crippen LogP contribution is -2.17. The van der Waals surface area contributed by atoms with Crippen LogP contribution in [0.5, 0.6) is 11.5 Å². The summed E-state index contributed by atoms with van der Waals surface area (Å²) in [4.78, 5) is 0. The van der Waals surface area contributed by atoms with Crippen LogP contribution < -0.4 is 4.74 Å². The zero-order chi connectivity index (χ0) is 21.6. The summed E-state index contributed by atoms with van der Waals surface area (Å²) >= 11 is 0. The molecule has 156 valence electrons. The van der Waals surface area contributed by atoms with Gasteiger partial charge in [-0.15, -0.1) is 0 Å². The van der Waals surface area contributed by atoms with Gasteiger partial charge in [-0.1, -0.05) is 68.5 Å². The van der Waals surface area contributed by atoms with Gasteiger partial charge in [0.25, 0.3) is 0 Å². The fraction of sp³-hybridized carbons (Fsp3) is 0.286. The van der Waals surface area contributed by atoms with E-state index in [9.17, 15) is 4.39 Å². The molecule has 0 radical (unpaired) electrons. The monoisotopic (exact) mass is 402 g/mol. The summed E-state index contributed by atoms with van der Waals surface area (Å²) in [6, 6.07) is 23.4. The second-order valence-electron chi connectivity index (χ2n) is 8.47. The molecule has 0 spiro atoms. The van der Waals surface area contributed by atoms with Crippen molar-refractivity contribution in [3.63, 3.8) is 0 Å². The van der Waals surface area contributed by atoms with Gasteiger partial charge in [0.2, 0.25) is 0 Å². The predicted molar refractivity (Wildman–Crippen MR) is 125 cm³/mol. The largest absolute Gasteiger partial charge is 0.454 e. The summed E-state index contributed by atoms with van der Waals surface area (Å²) in [6.07, 6.45) is 5.11. The van der Waals surface area contributed by atoms with Crippen molar-refractivity contribution < 1.29 is 9.13 Å². The molecule has 0 fully saturated rings. The van der Waals surface area contributed by atoms with Crippen molar-refractivity contribution in [3.8, 4) is 11.5 Å². The van der Waals surface area contributed by atoms with E-state index in [-0.39, 0.29) is 17.0 Å². The molecule has 0 heterocycles. The Morgan fingerprint density at radius 2 is 1.67 bits per heavy atom. The van der Waals surface area contributed by atoms with Crippen LogP contribution in [0.3, 0.4) is 0 Å². The molecule has 0 aliphatic rings. The first kappa shape index (κ1) is 21.8. The average molecular weight is 403 g/mol. The summed E-state index contributed by atoms with van der Waals surface area (Å²) in [5.41, 5.74) is 5.10. The van der Waals surface area contributed by atoms with E-state index < -0.39 is 0 Å². The van der Waals surface area contributed by atoms with Gasteiger partial charge in [0.1, 0.15) is 5.75 Å². The Morgan fingerprint density at radius 1 is 0.967 bits per heavy atom. The van der Waals surface area contributed by atoms with Crippen LogP contribution in [-0.2, 0) is 11.8 Å². The van der Waals surface area contributed by atoms with E-state index in [1.165, 1.54) is 22.8 Å². The molecule has 3 rings (SSSR count). The van der Waals surface area contributed by atoms with E-state index >= 15 is 0 Å². The highest BCUT2D eigenvalue weighted by Crippen LogP contribution is 2.31. The van der Waals surface area contributed by atoms with E-state index in [1.54, 1.807) is 0 Å². The minimum Gasteiger partial charge on any atom is -0.454 e. The van der Waals surface area contributed by atoms with Crippen LogP contribution in [0.1, 0.15) is 57.2 Å². The molecule has 30 heavy (non-hydrogen) atoms. The highest BCUT2D eigenvalue weighted by molar-refractivity contribution is 5.63. The van der Waals surface area contributed by atoms with Crippen molar-refractivity contribution in [2.24, 2.45) is 0 Å². The maximum absolute atomic E-state index is 14.2. The van der Waals surface area contributed by atoms with Crippen molar-refractivity contribution in [2.45, 2.75) is 52.4 Å². The van der Waals surface area contributed by atoms with E-state index in [0.717, 1.165) is 24.8 Å². The first-order chi connectivity index (χ1) is 14.4. The Balaban J connectivity index is 1.62. The maximum atomic E-state index is 14.2. The number of benzene rings is 3. The lowest BCUT2D eigenvalue weighted by molar-refractivity contribution is 0.439. The van der Waals surface area contributed by atoms with Crippen LogP contribution in [0.4, 0.5) is 4.39 Å². The molecule has 3 aromatic rings. The van der Waals surface area contributed by atoms with Crippen molar-refractivity contribution >= 4 is 5.57 Å². The molecule has 0 saturated carbocycles. The summed E-state index contributed by atoms with van der Waals surface area (Å²) < 4.78 is 19.9. The van der Waals surface area contributed by atoms with Gasteiger partial charge < -0.3 is 4.74 Å². The normalized spacial score (nSPS) is 12.1. The molecule has 0 unspecified atom stereocenters. The van der Waals surface area contributed by atoms with E-state index in [0.29, 0.717) is 5.75 Å². The molecule has 2 heteroatoms. The summed E-state index contributed by atoms with van der Waals surface area (Å²) in [5, 5.41) is 0. The molecule has 0 aliphatic carbocycles. The number of halogens is 1. The second kappa shape index (κ2) is 9.75. The average Bonchev–Trinajstić information content (AvgIpc) is 2.76. The Bertz CT molecular complexity index is 985. The molecule has 0 aromatic heterocycles. The van der Waals surface area contributed by atoms with Gasteiger partial charge in [0.15, 0.2) is 11.6 Å². The number of allylic oxidation sites excluding steroid dienone is 2. The van der Waals surface area contributed by atoms with Crippen molar-refractivity contribution in [1.29, 1.82) is 0 Å². The molecule has 0 bridgehead atoms. The quantitative estimate of drug-likeness (QED) is 0.368. The first-order valence-corrected chi connectivity index (χ1v) is 10.6. The highest BCUT2D eigenvalue weighted by atomic mass is 19.1. The topological polar surface area (TPSA) is 9.23 Å². The molecular weight excluding hydrogens is 371 g/mol. The maximum Gasteiger partial charge on any atom is 0.165 e. The third kappa shape index (κ3) is 5.60. The van der Waals surface area contributed by atoms with Crippen LogP contribution in [-0.4, -0.2) is 0 Å². The fourth-order valence-corrected chi connectivity index (χ4v) is 3.63. The van der Waals surface area contributed by atoms with Crippen LogP contribution in [0, 0.1) is 5.82 Å². The van der Waals surface area contributed by atoms with Gasteiger partial charge in [-0.3, -0.25) is 0 Å². The van der Waals surface area contributed by atoms with Crippen LogP contribution >= 0.6 is 0 Å². The van der Waals surface area contributed by atoms with Gasteiger partial charge in [-0.2, -0.15) is 0 Å². The highest BCUT2D eigenvalue weighted by Gasteiger charge is 2.20. The molecule has 0 aliphatic heterocycles. The van der Waals surface area contributed by atoms with Gasteiger partial charge in [0, 0.05) is 0 Å². The van der Waals surface area contributed by atoms with E-state index in [1.807, 2.05) is 42.5 Å². The number of hydrogen-bond donors (Lipinski definition) is 0. The lowest BCUT2D eigenvalue weighted by Gasteiger charge is -2.25. The van der Waals surface area contributed by atoms with Crippen LogP contribution in [0.15, 0.2) is 78.9 Å². The van der Waals surface area contributed by atoms with Gasteiger partial charge >= 0.3 is 0 Å². The second-order valence-corrected chi connectivity index (χ2v) is 8.47. The molecule has 0 atom stereocenters. The summed E-state index contributed by atoms with van der Waals surface area (Å²) in [7, 11) is 0. The number of ether oxygens (including phenoxy) is 1. The first-order valence-electron chi connectivity index (χ1n) is 10.6. The molecule has 1 nitrogen and oxygen atoms in total. The Morgan fingerprint density at radius 3 is 2.33 bits per heavy atom. The fourth-order valence-electron chi connectivity index (χ4n) is 3.63. The number of aryl methyl sites for hydroxylation is 1. The number of rotatable bonds is 8. The molecule has 3 aromatic carbocycles. The van der Waals surface area contributed by atoms with Crippen LogP contribution in [0.2, 0.25) is 0 Å². The van der Waals surface area contributed by atoms with Crippen molar-refractivity contribution in [2.75, 3.05) is 0 Å². The SMILES string of the molecule is CC=C(C)c1ccc(C(C)(C)CCCc2ccc(F)c(Oc3ccccc3)c2)cc1. The number of para-hydroxylation sites is 1. The zero-order valence-electron chi connectivity index (χ0n) is 18.4. The van der Waals surface area contributed by atoms with Gasteiger partial charge in [-0.05, 0) is 85.1 Å². The minimum absolute atomic E-state index is 0.0891. The molecule has 0 N–H and O–H groups in total. The summed E-state index contributed by atoms with van der Waals surface area (Å²) in [5.74, 6) is 0.596. The third-order valence-electron chi connectivity index (χ3n) is 5.79. The Kier molecular flexibility index (Phi) is 7.10.